The molecule has 4 rings (SSSR count). The first-order chi connectivity index (χ1) is 14.0. The third kappa shape index (κ3) is 5.39. The van der Waals surface area contributed by atoms with Crippen molar-refractivity contribution in [3.63, 3.8) is 0 Å². The molecule has 0 saturated carbocycles. The molecule has 0 radical (unpaired) electrons. The van der Waals surface area contributed by atoms with Gasteiger partial charge >= 0.3 is 0 Å². The summed E-state index contributed by atoms with van der Waals surface area (Å²) in [6.07, 6.45) is 1.16. The zero-order valence-corrected chi connectivity index (χ0v) is 17.5. The number of amides is 1. The first kappa shape index (κ1) is 20.0. The van der Waals surface area contributed by atoms with Gasteiger partial charge in [-0.15, -0.1) is 0 Å². The normalized spacial score (nSPS) is 22.0. The lowest BCUT2D eigenvalue weighted by Gasteiger charge is -2.09. The summed E-state index contributed by atoms with van der Waals surface area (Å²) in [6.45, 7) is 0.623. The van der Waals surface area contributed by atoms with Crippen LogP contribution >= 0.6 is 11.8 Å². The van der Waals surface area contributed by atoms with E-state index in [1.165, 1.54) is 17.3 Å². The van der Waals surface area contributed by atoms with Crippen LogP contribution in [-0.2, 0) is 27.5 Å². The fourth-order valence-electron chi connectivity index (χ4n) is 3.48. The maximum atomic E-state index is 12.1. The van der Waals surface area contributed by atoms with E-state index in [0.29, 0.717) is 13.0 Å². The predicted octanol–water partition coefficient (Wildman–Crippen LogP) is 2.27. The highest BCUT2D eigenvalue weighted by atomic mass is 32.2. The Morgan fingerprint density at radius 2 is 1.79 bits per heavy atom. The van der Waals surface area contributed by atoms with Gasteiger partial charge in [-0.25, -0.2) is 8.42 Å². The Bertz CT molecular complexity index is 1010. The highest BCUT2D eigenvalue weighted by molar-refractivity contribution is 8.15. The number of thioether (sulfide) groups is 1. The summed E-state index contributed by atoms with van der Waals surface area (Å²) in [6, 6.07) is 17.6. The van der Waals surface area contributed by atoms with E-state index in [9.17, 15) is 13.2 Å². The Kier molecular flexibility index (Phi) is 5.91. The summed E-state index contributed by atoms with van der Waals surface area (Å²) in [5.74, 6) is 0.357. The number of nitrogens with one attached hydrogen (secondary N) is 2. The second-order valence-electron chi connectivity index (χ2n) is 7.32. The second kappa shape index (κ2) is 8.59. The number of amidine groups is 1. The molecule has 8 heteroatoms. The van der Waals surface area contributed by atoms with Gasteiger partial charge in [0.15, 0.2) is 15.0 Å². The fraction of sp³-hybridized carbons (Fsp3) is 0.333. The molecule has 152 valence electrons. The van der Waals surface area contributed by atoms with E-state index in [0.717, 1.165) is 22.8 Å². The van der Waals surface area contributed by atoms with Crippen LogP contribution in [0.15, 0.2) is 59.6 Å². The highest BCUT2D eigenvalue weighted by Gasteiger charge is 2.42. The summed E-state index contributed by atoms with van der Waals surface area (Å²) in [4.78, 5) is 16.6. The molecule has 2 aromatic carbocycles. The van der Waals surface area contributed by atoms with Crippen molar-refractivity contribution in [3.05, 3.63) is 65.7 Å². The van der Waals surface area contributed by atoms with Crippen LogP contribution in [0.2, 0.25) is 0 Å². The van der Waals surface area contributed by atoms with Crippen molar-refractivity contribution in [1.29, 1.82) is 0 Å². The van der Waals surface area contributed by atoms with Crippen LogP contribution in [0.1, 0.15) is 11.1 Å². The van der Waals surface area contributed by atoms with Crippen molar-refractivity contribution >= 4 is 38.4 Å². The van der Waals surface area contributed by atoms with Crippen LogP contribution in [0.5, 0.6) is 0 Å². The molecule has 0 aliphatic carbocycles. The molecule has 2 heterocycles. The Labute approximate surface area is 175 Å². The van der Waals surface area contributed by atoms with E-state index in [-0.39, 0.29) is 28.7 Å². The zero-order valence-electron chi connectivity index (χ0n) is 15.9. The van der Waals surface area contributed by atoms with Gasteiger partial charge in [0.2, 0.25) is 5.91 Å². The SMILES string of the molecule is O=C(Cc1ccc(NC2=N[C@@H]3CS(=O)(=O)C[C@H]3S2)cc1)NCCc1ccccc1. The number of rotatable bonds is 6. The Morgan fingerprint density at radius 3 is 2.52 bits per heavy atom. The molecule has 2 aliphatic rings. The van der Waals surface area contributed by atoms with Crippen molar-refractivity contribution in [1.82, 2.24) is 5.32 Å². The van der Waals surface area contributed by atoms with Gasteiger partial charge in [0.1, 0.15) is 0 Å². The number of aliphatic imine (C=N–C) groups is 1. The van der Waals surface area contributed by atoms with Gasteiger partial charge in [-0.05, 0) is 29.7 Å². The lowest BCUT2D eigenvalue weighted by atomic mass is 10.1. The monoisotopic (exact) mass is 429 g/mol. The molecule has 2 N–H and O–H groups in total. The van der Waals surface area contributed by atoms with Crippen molar-refractivity contribution in [3.8, 4) is 0 Å². The van der Waals surface area contributed by atoms with Crippen molar-refractivity contribution < 1.29 is 13.2 Å². The van der Waals surface area contributed by atoms with Gasteiger partial charge in [-0.3, -0.25) is 9.79 Å². The van der Waals surface area contributed by atoms with E-state index in [1.54, 1.807) is 0 Å². The molecule has 2 aliphatic heterocycles. The largest absolute Gasteiger partial charge is 0.355 e. The number of fused-ring (bicyclic) bond motifs is 1. The Hall–Kier alpha value is -2.32. The molecule has 0 aromatic heterocycles. The second-order valence-corrected chi connectivity index (χ2v) is 10.7. The van der Waals surface area contributed by atoms with Gasteiger partial charge in [-0.2, -0.15) is 0 Å². The Balaban J connectivity index is 1.24. The molecular weight excluding hydrogens is 406 g/mol. The van der Waals surface area contributed by atoms with E-state index in [1.807, 2.05) is 42.5 Å². The lowest BCUT2D eigenvalue weighted by molar-refractivity contribution is -0.120. The predicted molar refractivity (Wildman–Crippen MR) is 118 cm³/mol. The van der Waals surface area contributed by atoms with Crippen LogP contribution in [0, 0.1) is 0 Å². The van der Waals surface area contributed by atoms with Crippen LogP contribution in [-0.4, -0.2) is 48.8 Å². The highest BCUT2D eigenvalue weighted by Crippen LogP contribution is 2.34. The summed E-state index contributed by atoms with van der Waals surface area (Å²) in [7, 11) is -2.94. The number of carbonyl (C=O) groups is 1. The van der Waals surface area contributed by atoms with Crippen molar-refractivity contribution in [2.75, 3.05) is 23.4 Å². The molecule has 1 amide bonds. The molecule has 0 spiro atoms. The standard InChI is InChI=1S/C21H23N3O3S2/c25-20(22-11-10-15-4-2-1-3-5-15)12-16-6-8-17(9-7-16)23-21-24-18-13-29(26,27)14-19(18)28-21/h1-9,18-19H,10-14H2,(H,22,25)(H,23,24)/t18-,19-/m1/s1. The average molecular weight is 430 g/mol. The number of carbonyl (C=O) groups excluding carboxylic acids is 1. The quantitative estimate of drug-likeness (QED) is 0.736. The molecule has 2 atom stereocenters. The minimum Gasteiger partial charge on any atom is -0.355 e. The third-order valence-electron chi connectivity index (χ3n) is 4.97. The molecule has 0 bridgehead atoms. The van der Waals surface area contributed by atoms with Crippen LogP contribution in [0.3, 0.4) is 0 Å². The number of hydrogen-bond acceptors (Lipinski definition) is 6. The van der Waals surface area contributed by atoms with Gasteiger partial charge in [-0.1, -0.05) is 54.2 Å². The molecule has 1 saturated heterocycles. The van der Waals surface area contributed by atoms with E-state index in [2.05, 4.69) is 27.8 Å². The molecule has 2 aromatic rings. The molecule has 6 nitrogen and oxygen atoms in total. The molecule has 0 unspecified atom stereocenters. The maximum absolute atomic E-state index is 12.1. The van der Waals surface area contributed by atoms with Crippen LogP contribution in [0.4, 0.5) is 5.69 Å². The zero-order chi connectivity index (χ0) is 20.3. The van der Waals surface area contributed by atoms with Gasteiger partial charge in [0, 0.05) is 17.5 Å². The lowest BCUT2D eigenvalue weighted by Crippen LogP contribution is -2.27. The summed E-state index contributed by atoms with van der Waals surface area (Å²) >= 11 is 1.50. The van der Waals surface area contributed by atoms with E-state index in [4.69, 9.17) is 0 Å². The first-order valence-electron chi connectivity index (χ1n) is 9.58. The summed E-state index contributed by atoms with van der Waals surface area (Å²) in [5, 5.41) is 7.00. The number of anilines is 1. The van der Waals surface area contributed by atoms with Crippen molar-refractivity contribution in [2.24, 2.45) is 4.99 Å². The number of nitrogens with zero attached hydrogens (tertiary/aromatic N) is 1. The number of hydrogen-bond donors (Lipinski definition) is 2. The number of benzene rings is 2. The summed E-state index contributed by atoms with van der Waals surface area (Å²) < 4.78 is 23.3. The van der Waals surface area contributed by atoms with Crippen LogP contribution in [0.25, 0.3) is 0 Å². The van der Waals surface area contributed by atoms with Gasteiger partial charge in [0.05, 0.1) is 24.0 Å². The number of sulfone groups is 1. The summed E-state index contributed by atoms with van der Waals surface area (Å²) in [5.41, 5.74) is 3.03. The minimum absolute atomic E-state index is 0.00592. The molecular formula is C21H23N3O3S2. The smallest absolute Gasteiger partial charge is 0.224 e. The van der Waals surface area contributed by atoms with E-state index >= 15 is 0 Å². The minimum atomic E-state index is -2.94. The van der Waals surface area contributed by atoms with E-state index < -0.39 is 9.84 Å². The van der Waals surface area contributed by atoms with Gasteiger partial charge < -0.3 is 10.6 Å². The van der Waals surface area contributed by atoms with Crippen LogP contribution < -0.4 is 10.6 Å². The molecule has 29 heavy (non-hydrogen) atoms. The average Bonchev–Trinajstić information content (AvgIpc) is 3.16. The maximum Gasteiger partial charge on any atom is 0.224 e. The third-order valence-corrected chi connectivity index (χ3v) is 8.11. The van der Waals surface area contributed by atoms with Crippen molar-refractivity contribution in [2.45, 2.75) is 24.1 Å². The molecule has 1 fully saturated rings. The Morgan fingerprint density at radius 1 is 1.03 bits per heavy atom. The topological polar surface area (TPSA) is 87.6 Å². The fourth-order valence-corrected chi connectivity index (χ4v) is 7.16. The first-order valence-corrected chi connectivity index (χ1v) is 12.3. The van der Waals surface area contributed by atoms with Gasteiger partial charge in [0.25, 0.3) is 0 Å².